The molecule has 0 aliphatic rings. The van der Waals surface area contributed by atoms with Crippen molar-refractivity contribution in [2.45, 2.75) is 0 Å². The molecule has 0 spiro atoms. The van der Waals surface area contributed by atoms with Crippen molar-refractivity contribution in [3.05, 3.63) is 0 Å². The Morgan fingerprint density at radius 3 is 2.29 bits per heavy atom. The van der Waals surface area contributed by atoms with E-state index < -0.39 is 11.4 Å². The van der Waals surface area contributed by atoms with Crippen LogP contribution in [0.2, 0.25) is 0 Å². The monoisotopic (exact) mass is 149 g/mol. The van der Waals surface area contributed by atoms with Crippen molar-refractivity contribution in [1.82, 2.24) is 5.48 Å². The van der Waals surface area contributed by atoms with Gasteiger partial charge >= 0.3 is 51.4 Å². The minimum atomic E-state index is -2.43. The minimum Gasteiger partial charge on any atom is -0.748 e. The summed E-state index contributed by atoms with van der Waals surface area (Å²) in [6.07, 6.45) is 0. The Hall–Kier alpha value is 1.67. The van der Waals surface area contributed by atoms with Crippen LogP contribution in [0.5, 0.6) is 0 Å². The Bertz CT molecular complexity index is 58.9. The molecule has 0 aliphatic heterocycles. The summed E-state index contributed by atoms with van der Waals surface area (Å²) in [5.74, 6) is 0. The van der Waals surface area contributed by atoms with Crippen molar-refractivity contribution in [3.63, 3.8) is 0 Å². The molecule has 0 aromatic rings. The fraction of sp³-hybridized carbons (Fsp3) is 1.00. The van der Waals surface area contributed by atoms with E-state index in [4.69, 9.17) is 0 Å². The van der Waals surface area contributed by atoms with Gasteiger partial charge in [0.15, 0.2) is 0 Å². The van der Waals surface area contributed by atoms with Crippen LogP contribution in [-0.2, 0) is 15.6 Å². The summed E-state index contributed by atoms with van der Waals surface area (Å²) in [4.78, 5) is 0. The first-order chi connectivity index (χ1) is 2.77. The van der Waals surface area contributed by atoms with Gasteiger partial charge in [-0.05, 0) is 0 Å². The summed E-state index contributed by atoms with van der Waals surface area (Å²) < 4.78 is 22.3. The van der Waals surface area contributed by atoms with Gasteiger partial charge in [0.1, 0.15) is 11.4 Å². The predicted octanol–water partition coefficient (Wildman–Crippen LogP) is -4.06. The number of hydroxylamine groups is 1. The SMILES string of the molecule is CNOS(=O)[O-].[K+]. The van der Waals surface area contributed by atoms with E-state index >= 15 is 0 Å². The molecule has 0 amide bonds. The predicted molar refractivity (Wildman–Crippen MR) is 19.1 cm³/mol. The summed E-state index contributed by atoms with van der Waals surface area (Å²) in [7, 11) is 1.36. The van der Waals surface area contributed by atoms with E-state index in [0.717, 1.165) is 0 Å². The van der Waals surface area contributed by atoms with Gasteiger partial charge in [-0.2, -0.15) is 5.48 Å². The van der Waals surface area contributed by atoms with Gasteiger partial charge in [-0.15, -0.1) is 0 Å². The second-order valence-electron chi connectivity index (χ2n) is 0.492. The van der Waals surface area contributed by atoms with E-state index in [2.05, 4.69) is 4.28 Å². The Morgan fingerprint density at radius 1 is 1.86 bits per heavy atom. The van der Waals surface area contributed by atoms with Gasteiger partial charge in [0.05, 0.1) is 0 Å². The van der Waals surface area contributed by atoms with Crippen LogP contribution in [0.3, 0.4) is 0 Å². The summed E-state index contributed by atoms with van der Waals surface area (Å²) in [6.45, 7) is 0. The molecule has 0 radical (unpaired) electrons. The van der Waals surface area contributed by atoms with Crippen molar-refractivity contribution in [1.29, 1.82) is 0 Å². The molecule has 0 heterocycles. The first-order valence-electron chi connectivity index (χ1n) is 1.20. The summed E-state index contributed by atoms with van der Waals surface area (Å²) in [5.41, 5.74) is 1.95. The first kappa shape index (κ1) is 11.5. The van der Waals surface area contributed by atoms with Gasteiger partial charge in [0.2, 0.25) is 0 Å². The normalized spacial score (nSPS) is 12.3. The number of nitrogens with one attached hydrogen (secondary N) is 1. The van der Waals surface area contributed by atoms with Gasteiger partial charge in [-0.1, -0.05) is 0 Å². The second kappa shape index (κ2) is 7.67. The molecule has 1 unspecified atom stereocenters. The Labute approximate surface area is 86.9 Å². The molecule has 4 nitrogen and oxygen atoms in total. The molecule has 0 rings (SSSR count). The van der Waals surface area contributed by atoms with Crippen LogP contribution in [0.4, 0.5) is 0 Å². The third-order valence-corrected chi connectivity index (χ3v) is 0.454. The number of hydrogen-bond donors (Lipinski definition) is 1. The minimum absolute atomic E-state index is 0. The molecule has 0 fully saturated rings. The number of hydrogen-bond acceptors (Lipinski definition) is 4. The van der Waals surface area contributed by atoms with E-state index in [1.165, 1.54) is 7.05 Å². The van der Waals surface area contributed by atoms with Crippen molar-refractivity contribution >= 4 is 11.4 Å². The van der Waals surface area contributed by atoms with E-state index in [9.17, 15) is 8.76 Å². The Balaban J connectivity index is 0. The third kappa shape index (κ3) is 11.3. The van der Waals surface area contributed by atoms with Crippen molar-refractivity contribution in [3.8, 4) is 0 Å². The van der Waals surface area contributed by atoms with Gasteiger partial charge in [0, 0.05) is 7.05 Å². The second-order valence-corrected chi connectivity index (χ2v) is 1.07. The summed E-state index contributed by atoms with van der Waals surface area (Å²) in [6, 6.07) is 0. The largest absolute Gasteiger partial charge is 1.00 e. The zero-order valence-corrected chi connectivity index (χ0v) is 8.07. The standard InChI is InChI=1S/CH5NO3S.K/c1-2-5-6(3)4;/h2H,1H3,(H,3,4);/q;+1/p-1. The quantitative estimate of drug-likeness (QED) is 0.246. The molecule has 0 aromatic heterocycles. The first-order valence-corrected chi connectivity index (χ1v) is 2.20. The van der Waals surface area contributed by atoms with Crippen LogP contribution in [0.15, 0.2) is 0 Å². The van der Waals surface area contributed by atoms with Crippen LogP contribution < -0.4 is 56.9 Å². The molecule has 6 heteroatoms. The molecule has 0 bridgehead atoms. The van der Waals surface area contributed by atoms with Gasteiger partial charge in [-0.25, -0.2) is 8.49 Å². The summed E-state index contributed by atoms with van der Waals surface area (Å²) in [5, 5.41) is 0. The zero-order chi connectivity index (χ0) is 4.99. The van der Waals surface area contributed by atoms with E-state index in [-0.39, 0.29) is 51.4 Å². The molecule has 0 aromatic carbocycles. The molecule has 38 valence electrons. The maximum Gasteiger partial charge on any atom is 1.00 e. The fourth-order valence-electron chi connectivity index (χ4n) is 0.0680. The molecular formula is CH4KNO3S. The zero-order valence-electron chi connectivity index (χ0n) is 4.13. The fourth-order valence-corrected chi connectivity index (χ4v) is 0.204. The molecular weight excluding hydrogens is 145 g/mol. The van der Waals surface area contributed by atoms with Crippen LogP contribution >= 0.6 is 0 Å². The van der Waals surface area contributed by atoms with Crippen LogP contribution in [0, 0.1) is 0 Å². The van der Waals surface area contributed by atoms with Crippen molar-refractivity contribution in [2.75, 3.05) is 7.05 Å². The summed E-state index contributed by atoms with van der Waals surface area (Å²) >= 11 is -2.43. The van der Waals surface area contributed by atoms with E-state index in [1.54, 1.807) is 0 Å². The Morgan fingerprint density at radius 2 is 2.29 bits per heavy atom. The van der Waals surface area contributed by atoms with E-state index in [1.807, 2.05) is 5.48 Å². The van der Waals surface area contributed by atoms with Crippen LogP contribution in [0.25, 0.3) is 0 Å². The average Bonchev–Trinajstić information content (AvgIpc) is 1.35. The van der Waals surface area contributed by atoms with Crippen molar-refractivity contribution < 1.29 is 64.4 Å². The van der Waals surface area contributed by atoms with Gasteiger partial charge < -0.3 is 4.55 Å². The van der Waals surface area contributed by atoms with Gasteiger partial charge in [0.25, 0.3) is 0 Å². The smallest absolute Gasteiger partial charge is 0.748 e. The molecule has 0 aliphatic carbocycles. The average molecular weight is 149 g/mol. The molecule has 7 heavy (non-hydrogen) atoms. The Kier molecular flexibility index (Phi) is 12.6. The molecule has 1 N–H and O–H groups in total. The van der Waals surface area contributed by atoms with Crippen LogP contribution in [-0.4, -0.2) is 15.8 Å². The van der Waals surface area contributed by atoms with E-state index in [0.29, 0.717) is 0 Å². The molecule has 0 saturated carbocycles. The molecule has 1 atom stereocenters. The van der Waals surface area contributed by atoms with Crippen molar-refractivity contribution in [2.24, 2.45) is 0 Å². The van der Waals surface area contributed by atoms with Gasteiger partial charge in [-0.3, -0.25) is 0 Å². The maximum atomic E-state index is 9.31. The third-order valence-electron chi connectivity index (χ3n) is 0.151. The topological polar surface area (TPSA) is 61.4 Å². The number of rotatable bonds is 2. The van der Waals surface area contributed by atoms with Crippen LogP contribution in [0.1, 0.15) is 0 Å². The molecule has 0 saturated heterocycles. The maximum absolute atomic E-state index is 9.31.